The molecule has 0 N–H and O–H groups in total. The number of carbonyl (C=O) groups is 3. The van der Waals surface area contributed by atoms with E-state index in [0.717, 1.165) is 88.6 Å². The first-order valence-corrected chi connectivity index (χ1v) is 18.3. The standard InChI is InChI=1S/C35H42N2O3S3/c1-5-9-12-23(7-3)20-36-32(28-14-11-19-41-28)30-31(35(36)40)33(37(34(30)39)21-24(8-4)13-10-6-2)29-18-17-27(43-29)26-16-15-25(22-38)42-26/h11,14-19,22-24H,5-10,12-13,20-21H2,1-4H3. The van der Waals surface area contributed by atoms with Gasteiger partial charge in [0.2, 0.25) is 0 Å². The number of hydrogen-bond donors (Lipinski definition) is 0. The summed E-state index contributed by atoms with van der Waals surface area (Å²) in [6.07, 6.45) is 9.50. The highest BCUT2D eigenvalue weighted by Crippen LogP contribution is 2.50. The molecule has 5 nitrogen and oxygen atoms in total. The topological polar surface area (TPSA) is 57.7 Å². The summed E-state index contributed by atoms with van der Waals surface area (Å²) in [5.41, 5.74) is 2.70. The van der Waals surface area contributed by atoms with Crippen molar-refractivity contribution in [2.75, 3.05) is 13.1 Å². The summed E-state index contributed by atoms with van der Waals surface area (Å²) in [6, 6.07) is 12.0. The van der Waals surface area contributed by atoms with Gasteiger partial charge >= 0.3 is 0 Å². The van der Waals surface area contributed by atoms with Gasteiger partial charge in [0.15, 0.2) is 6.29 Å². The van der Waals surface area contributed by atoms with E-state index >= 15 is 0 Å². The highest BCUT2D eigenvalue weighted by Gasteiger charge is 2.49. The van der Waals surface area contributed by atoms with E-state index in [9.17, 15) is 14.4 Å². The minimum Gasteiger partial charge on any atom is -0.306 e. The SMILES string of the molecule is CCCCC(CC)CN1C(=O)C2=C(c3ccc(-c4ccc(C=O)s4)s3)N(CC(CC)CCCC)C(=O)C2=C1c1cccs1. The van der Waals surface area contributed by atoms with Crippen LogP contribution in [0.15, 0.2) is 52.9 Å². The first-order chi connectivity index (χ1) is 20.9. The van der Waals surface area contributed by atoms with E-state index in [4.69, 9.17) is 0 Å². The third-order valence-corrected chi connectivity index (χ3v) is 11.9. The number of unbranched alkanes of at least 4 members (excludes halogenated alkanes) is 2. The molecule has 3 aromatic heterocycles. The lowest BCUT2D eigenvalue weighted by molar-refractivity contribution is -0.124. The largest absolute Gasteiger partial charge is 0.306 e. The summed E-state index contributed by atoms with van der Waals surface area (Å²) >= 11 is 4.66. The number of hydrogen-bond acceptors (Lipinski definition) is 6. The van der Waals surface area contributed by atoms with Crippen molar-refractivity contribution in [3.8, 4) is 9.75 Å². The van der Waals surface area contributed by atoms with E-state index in [0.29, 0.717) is 40.9 Å². The maximum absolute atomic E-state index is 14.6. The van der Waals surface area contributed by atoms with Gasteiger partial charge in [-0.2, -0.15) is 0 Å². The Morgan fingerprint density at radius 2 is 1.23 bits per heavy atom. The molecule has 5 heterocycles. The summed E-state index contributed by atoms with van der Waals surface area (Å²) in [4.78, 5) is 49.0. The summed E-state index contributed by atoms with van der Waals surface area (Å²) in [5.74, 6) is 0.650. The van der Waals surface area contributed by atoms with Crippen LogP contribution in [0.3, 0.4) is 0 Å². The average Bonchev–Trinajstić information content (AvgIpc) is 3.85. The fraction of sp³-hybridized carbons (Fsp3) is 0.457. The zero-order valence-electron chi connectivity index (χ0n) is 25.7. The molecule has 43 heavy (non-hydrogen) atoms. The number of fused-ring (bicyclic) bond motifs is 1. The smallest absolute Gasteiger partial charge is 0.261 e. The minimum absolute atomic E-state index is 0.0462. The van der Waals surface area contributed by atoms with Crippen molar-refractivity contribution in [1.82, 2.24) is 9.80 Å². The maximum Gasteiger partial charge on any atom is 0.261 e. The zero-order chi connectivity index (χ0) is 30.5. The van der Waals surface area contributed by atoms with Crippen molar-refractivity contribution >= 4 is 63.5 Å². The molecule has 0 bridgehead atoms. The molecular formula is C35H42N2O3S3. The Bertz CT molecular complexity index is 1510. The van der Waals surface area contributed by atoms with Gasteiger partial charge in [0.25, 0.3) is 11.8 Å². The molecule has 2 aliphatic rings. The van der Waals surface area contributed by atoms with E-state index in [1.165, 1.54) is 11.3 Å². The van der Waals surface area contributed by atoms with Crippen LogP contribution in [-0.2, 0) is 9.59 Å². The second-order valence-electron chi connectivity index (χ2n) is 11.6. The Balaban J connectivity index is 1.64. The highest BCUT2D eigenvalue weighted by atomic mass is 32.1. The molecule has 0 radical (unpaired) electrons. The van der Waals surface area contributed by atoms with Crippen LogP contribution < -0.4 is 0 Å². The van der Waals surface area contributed by atoms with E-state index in [1.807, 2.05) is 39.4 Å². The van der Waals surface area contributed by atoms with E-state index in [2.05, 4.69) is 39.8 Å². The zero-order valence-corrected chi connectivity index (χ0v) is 28.1. The van der Waals surface area contributed by atoms with Crippen molar-refractivity contribution in [2.24, 2.45) is 11.8 Å². The minimum atomic E-state index is -0.0462. The predicted octanol–water partition coefficient (Wildman–Crippen LogP) is 9.59. The quantitative estimate of drug-likeness (QED) is 0.147. The van der Waals surface area contributed by atoms with Gasteiger partial charge in [-0.15, -0.1) is 34.0 Å². The third-order valence-electron chi connectivity index (χ3n) is 8.73. The van der Waals surface area contributed by atoms with Crippen LogP contribution >= 0.6 is 34.0 Å². The van der Waals surface area contributed by atoms with Gasteiger partial charge in [0.05, 0.1) is 37.2 Å². The Morgan fingerprint density at radius 1 is 0.698 bits per heavy atom. The Hall–Kier alpha value is -2.81. The monoisotopic (exact) mass is 634 g/mol. The molecule has 8 heteroatoms. The van der Waals surface area contributed by atoms with Crippen LogP contribution in [0, 0.1) is 11.8 Å². The molecule has 0 saturated heterocycles. The van der Waals surface area contributed by atoms with Gasteiger partial charge in [-0.25, -0.2) is 0 Å². The second kappa shape index (κ2) is 14.3. The number of amides is 2. The number of aldehydes is 1. The maximum atomic E-state index is 14.6. The normalized spacial score (nSPS) is 16.6. The number of carbonyl (C=O) groups excluding carboxylic acids is 3. The molecule has 0 aromatic carbocycles. The Labute approximate surface area is 267 Å². The van der Waals surface area contributed by atoms with Gasteiger partial charge in [-0.1, -0.05) is 72.3 Å². The fourth-order valence-corrected chi connectivity index (χ4v) is 8.93. The van der Waals surface area contributed by atoms with Crippen molar-refractivity contribution in [3.63, 3.8) is 0 Å². The molecule has 228 valence electrons. The lowest BCUT2D eigenvalue weighted by Crippen LogP contribution is -2.34. The molecule has 0 saturated carbocycles. The van der Waals surface area contributed by atoms with Crippen LogP contribution in [0.1, 0.15) is 98.5 Å². The van der Waals surface area contributed by atoms with E-state index < -0.39 is 0 Å². The van der Waals surface area contributed by atoms with Gasteiger partial charge in [-0.05, 0) is 60.4 Å². The number of rotatable bonds is 16. The van der Waals surface area contributed by atoms with Crippen molar-refractivity contribution in [3.05, 3.63) is 67.6 Å². The molecule has 2 atom stereocenters. The van der Waals surface area contributed by atoms with Gasteiger partial charge in [-0.3, -0.25) is 14.4 Å². The van der Waals surface area contributed by atoms with E-state index in [1.54, 1.807) is 22.7 Å². The molecular weight excluding hydrogens is 593 g/mol. The highest BCUT2D eigenvalue weighted by molar-refractivity contribution is 7.23. The molecule has 2 amide bonds. The van der Waals surface area contributed by atoms with Crippen LogP contribution in [0.25, 0.3) is 21.1 Å². The first kappa shape index (κ1) is 31.6. The van der Waals surface area contributed by atoms with Crippen molar-refractivity contribution < 1.29 is 14.4 Å². The van der Waals surface area contributed by atoms with E-state index in [-0.39, 0.29) is 11.8 Å². The molecule has 2 aliphatic heterocycles. The third kappa shape index (κ3) is 6.38. The molecule has 0 fully saturated rings. The molecule has 0 spiro atoms. The van der Waals surface area contributed by atoms with Crippen LogP contribution in [-0.4, -0.2) is 41.0 Å². The predicted molar refractivity (Wildman–Crippen MR) is 181 cm³/mol. The molecule has 2 unspecified atom stereocenters. The molecule has 3 aromatic rings. The summed E-state index contributed by atoms with van der Waals surface area (Å²) in [7, 11) is 0. The van der Waals surface area contributed by atoms with Crippen molar-refractivity contribution in [2.45, 2.75) is 79.1 Å². The summed E-state index contributed by atoms with van der Waals surface area (Å²) < 4.78 is 0. The Morgan fingerprint density at radius 3 is 1.72 bits per heavy atom. The van der Waals surface area contributed by atoms with Crippen molar-refractivity contribution in [1.29, 1.82) is 0 Å². The van der Waals surface area contributed by atoms with Gasteiger partial charge < -0.3 is 9.80 Å². The number of thiophene rings is 3. The molecule has 0 aliphatic carbocycles. The fourth-order valence-electron chi connectivity index (χ4n) is 6.17. The lowest BCUT2D eigenvalue weighted by atomic mass is 9.98. The van der Waals surface area contributed by atoms with Crippen LogP contribution in [0.4, 0.5) is 0 Å². The summed E-state index contributed by atoms with van der Waals surface area (Å²) in [6.45, 7) is 10.0. The average molecular weight is 635 g/mol. The summed E-state index contributed by atoms with van der Waals surface area (Å²) in [5, 5.41) is 2.03. The Kier molecular flexibility index (Phi) is 10.5. The molecule has 5 rings (SSSR count). The van der Waals surface area contributed by atoms with Crippen LogP contribution in [0.2, 0.25) is 0 Å². The second-order valence-corrected chi connectivity index (χ2v) is 14.7. The number of nitrogens with zero attached hydrogens (tertiary/aromatic N) is 2. The van der Waals surface area contributed by atoms with Gasteiger partial charge in [0, 0.05) is 22.8 Å². The van der Waals surface area contributed by atoms with Gasteiger partial charge in [0.1, 0.15) is 0 Å². The van der Waals surface area contributed by atoms with Crippen LogP contribution in [0.5, 0.6) is 0 Å². The first-order valence-electron chi connectivity index (χ1n) is 15.8. The lowest BCUT2D eigenvalue weighted by Gasteiger charge is -2.29.